The highest BCUT2D eigenvalue weighted by atomic mass is 79.9. The van der Waals surface area contributed by atoms with Crippen LogP contribution in [0.1, 0.15) is 43.3 Å². The number of benzene rings is 2. The van der Waals surface area contributed by atoms with Crippen LogP contribution < -0.4 is 5.32 Å². The van der Waals surface area contributed by atoms with Gasteiger partial charge in [-0.1, -0.05) is 40.2 Å². The van der Waals surface area contributed by atoms with Crippen molar-refractivity contribution in [3.8, 4) is 0 Å². The largest absolute Gasteiger partial charge is 0.460 e. The molecule has 152 valence electrons. The van der Waals surface area contributed by atoms with E-state index >= 15 is 0 Å². The molecule has 1 N–H and O–H groups in total. The van der Waals surface area contributed by atoms with Crippen LogP contribution in [0.3, 0.4) is 0 Å². The standard InChI is InChI=1S/C23H25BrN2O2S/c1-22(2,3)28-21(27)13-23(11-15-6-4-5-7-16(15)12-23)25-14-20-26-18-10-17(24)8-9-19(18)29-20/h4-10,25H,11-14H2,1-3H3. The molecular formula is C23H25BrN2O2S. The molecule has 0 aliphatic heterocycles. The summed E-state index contributed by atoms with van der Waals surface area (Å²) in [5, 5.41) is 4.71. The Kier molecular flexibility index (Phi) is 5.53. The molecule has 0 spiro atoms. The Labute approximate surface area is 183 Å². The number of esters is 1. The van der Waals surface area contributed by atoms with Gasteiger partial charge in [-0.2, -0.15) is 0 Å². The van der Waals surface area contributed by atoms with Gasteiger partial charge in [-0.25, -0.2) is 4.98 Å². The molecule has 0 unspecified atom stereocenters. The number of thiazole rings is 1. The van der Waals surface area contributed by atoms with Gasteiger partial charge >= 0.3 is 5.97 Å². The van der Waals surface area contributed by atoms with Crippen LogP contribution in [0.5, 0.6) is 0 Å². The van der Waals surface area contributed by atoms with Crippen LogP contribution in [-0.4, -0.2) is 22.1 Å². The number of carbonyl (C=O) groups excluding carboxylic acids is 1. The van der Waals surface area contributed by atoms with Crippen LogP contribution in [0.4, 0.5) is 0 Å². The third-order valence-corrected chi connectivity index (χ3v) is 6.62. The van der Waals surface area contributed by atoms with Gasteiger partial charge in [-0.15, -0.1) is 11.3 Å². The first kappa shape index (κ1) is 20.5. The van der Waals surface area contributed by atoms with E-state index in [1.165, 1.54) is 15.8 Å². The fourth-order valence-corrected chi connectivity index (χ4v) is 5.18. The van der Waals surface area contributed by atoms with E-state index < -0.39 is 5.60 Å². The van der Waals surface area contributed by atoms with Crippen molar-refractivity contribution in [3.63, 3.8) is 0 Å². The van der Waals surface area contributed by atoms with Crippen LogP contribution in [-0.2, 0) is 28.9 Å². The number of hydrogen-bond donors (Lipinski definition) is 1. The Morgan fingerprint density at radius 3 is 2.55 bits per heavy atom. The third-order valence-electron chi connectivity index (χ3n) is 5.09. The van der Waals surface area contributed by atoms with Gasteiger partial charge in [-0.05, 0) is 62.9 Å². The van der Waals surface area contributed by atoms with Gasteiger partial charge in [0.2, 0.25) is 0 Å². The quantitative estimate of drug-likeness (QED) is 0.503. The van der Waals surface area contributed by atoms with Gasteiger partial charge in [0.25, 0.3) is 0 Å². The molecule has 4 nitrogen and oxygen atoms in total. The summed E-state index contributed by atoms with van der Waals surface area (Å²) in [6.07, 6.45) is 1.98. The maximum absolute atomic E-state index is 12.7. The number of halogens is 1. The molecule has 0 bridgehead atoms. The third kappa shape index (κ3) is 4.87. The number of carbonyl (C=O) groups is 1. The predicted octanol–water partition coefficient (Wildman–Crippen LogP) is 5.42. The van der Waals surface area contributed by atoms with E-state index in [2.05, 4.69) is 51.6 Å². The normalized spacial score (nSPS) is 15.4. The highest BCUT2D eigenvalue weighted by Gasteiger charge is 2.40. The summed E-state index contributed by atoms with van der Waals surface area (Å²) >= 11 is 5.20. The van der Waals surface area contributed by atoms with Crippen molar-refractivity contribution in [2.75, 3.05) is 0 Å². The van der Waals surface area contributed by atoms with E-state index in [0.717, 1.165) is 27.8 Å². The monoisotopic (exact) mass is 472 g/mol. The van der Waals surface area contributed by atoms with Crippen molar-refractivity contribution < 1.29 is 9.53 Å². The highest BCUT2D eigenvalue weighted by molar-refractivity contribution is 9.10. The minimum absolute atomic E-state index is 0.161. The summed E-state index contributed by atoms with van der Waals surface area (Å²) in [6.45, 7) is 6.36. The number of nitrogens with zero attached hydrogens (tertiary/aromatic N) is 1. The van der Waals surface area contributed by atoms with Gasteiger partial charge in [0.15, 0.2) is 0 Å². The van der Waals surface area contributed by atoms with Crippen LogP contribution in [0.25, 0.3) is 10.2 Å². The van der Waals surface area contributed by atoms with Crippen LogP contribution in [0, 0.1) is 0 Å². The molecule has 0 radical (unpaired) electrons. The van der Waals surface area contributed by atoms with Crippen molar-refractivity contribution >= 4 is 43.5 Å². The van der Waals surface area contributed by atoms with Crippen molar-refractivity contribution in [3.05, 3.63) is 63.1 Å². The van der Waals surface area contributed by atoms with Crippen molar-refractivity contribution in [1.82, 2.24) is 10.3 Å². The second kappa shape index (κ2) is 7.82. The molecule has 0 fully saturated rings. The number of aromatic nitrogens is 1. The smallest absolute Gasteiger partial charge is 0.308 e. The molecule has 2 aromatic carbocycles. The average Bonchev–Trinajstić information content (AvgIpc) is 3.18. The minimum atomic E-state index is -0.482. The van der Waals surface area contributed by atoms with Crippen LogP contribution in [0.15, 0.2) is 46.9 Å². The van der Waals surface area contributed by atoms with E-state index in [9.17, 15) is 4.79 Å². The van der Waals surface area contributed by atoms with Gasteiger partial charge in [0, 0.05) is 16.6 Å². The Balaban J connectivity index is 1.54. The number of rotatable bonds is 5. The molecule has 3 aromatic rings. The highest BCUT2D eigenvalue weighted by Crippen LogP contribution is 2.34. The molecule has 0 atom stereocenters. The van der Waals surface area contributed by atoms with Crippen LogP contribution in [0.2, 0.25) is 0 Å². The molecular weight excluding hydrogens is 448 g/mol. The summed E-state index contributed by atoms with van der Waals surface area (Å²) in [5.41, 5.74) is 2.78. The molecule has 1 aromatic heterocycles. The van der Waals surface area contributed by atoms with Crippen LogP contribution >= 0.6 is 27.3 Å². The van der Waals surface area contributed by atoms with E-state index in [4.69, 9.17) is 9.72 Å². The summed E-state index contributed by atoms with van der Waals surface area (Å²) in [6, 6.07) is 14.6. The van der Waals surface area contributed by atoms with E-state index in [-0.39, 0.29) is 11.5 Å². The lowest BCUT2D eigenvalue weighted by Gasteiger charge is -2.31. The lowest BCUT2D eigenvalue weighted by molar-refractivity contribution is -0.156. The van der Waals surface area contributed by atoms with Gasteiger partial charge in [0.05, 0.1) is 16.6 Å². The lowest BCUT2D eigenvalue weighted by Crippen LogP contribution is -2.48. The van der Waals surface area contributed by atoms with E-state index in [0.29, 0.717) is 13.0 Å². The Morgan fingerprint density at radius 1 is 1.21 bits per heavy atom. The number of hydrogen-bond acceptors (Lipinski definition) is 5. The molecule has 1 aliphatic rings. The molecule has 29 heavy (non-hydrogen) atoms. The molecule has 0 saturated carbocycles. The zero-order chi connectivity index (χ0) is 20.6. The molecule has 1 aliphatic carbocycles. The lowest BCUT2D eigenvalue weighted by atomic mass is 9.91. The minimum Gasteiger partial charge on any atom is -0.460 e. The Hall–Kier alpha value is -1.76. The summed E-state index contributed by atoms with van der Waals surface area (Å²) < 4.78 is 7.84. The fourth-order valence-electron chi connectivity index (χ4n) is 3.95. The fraction of sp³-hybridized carbons (Fsp3) is 0.391. The first-order valence-corrected chi connectivity index (χ1v) is 11.4. The molecule has 4 rings (SSSR count). The van der Waals surface area contributed by atoms with Crippen molar-refractivity contribution in [2.45, 2.75) is 57.7 Å². The summed E-state index contributed by atoms with van der Waals surface area (Å²) in [7, 11) is 0. The SMILES string of the molecule is CC(C)(C)OC(=O)CC1(NCc2nc3cc(Br)ccc3s2)Cc2ccccc2C1. The van der Waals surface area contributed by atoms with E-state index in [1.54, 1.807) is 11.3 Å². The predicted molar refractivity (Wildman–Crippen MR) is 121 cm³/mol. The van der Waals surface area contributed by atoms with E-state index in [1.807, 2.05) is 32.9 Å². The first-order chi connectivity index (χ1) is 13.7. The first-order valence-electron chi connectivity index (χ1n) is 9.80. The topological polar surface area (TPSA) is 51.2 Å². The number of ether oxygens (including phenoxy) is 1. The maximum Gasteiger partial charge on any atom is 0.308 e. The second-order valence-corrected chi connectivity index (χ2v) is 10.8. The summed E-state index contributed by atoms with van der Waals surface area (Å²) in [4.78, 5) is 17.4. The Morgan fingerprint density at radius 2 is 1.90 bits per heavy atom. The Bertz CT molecular complexity index is 1030. The van der Waals surface area contributed by atoms with Gasteiger partial charge < -0.3 is 10.1 Å². The number of nitrogens with one attached hydrogen (secondary N) is 1. The average molecular weight is 473 g/mol. The molecule has 6 heteroatoms. The summed E-state index contributed by atoms with van der Waals surface area (Å²) in [5.74, 6) is -0.161. The molecule has 1 heterocycles. The molecule has 0 saturated heterocycles. The van der Waals surface area contributed by atoms with Gasteiger partial charge in [0.1, 0.15) is 10.6 Å². The molecule has 0 amide bonds. The van der Waals surface area contributed by atoms with Crippen molar-refractivity contribution in [2.24, 2.45) is 0 Å². The maximum atomic E-state index is 12.7. The van der Waals surface area contributed by atoms with Gasteiger partial charge in [-0.3, -0.25) is 4.79 Å². The second-order valence-electron chi connectivity index (χ2n) is 8.74. The zero-order valence-electron chi connectivity index (χ0n) is 16.9. The zero-order valence-corrected chi connectivity index (χ0v) is 19.3. The number of fused-ring (bicyclic) bond motifs is 2. The van der Waals surface area contributed by atoms with Crippen molar-refractivity contribution in [1.29, 1.82) is 0 Å².